The zero-order valence-electron chi connectivity index (χ0n) is 12.0. The molecule has 0 fully saturated rings. The Balaban J connectivity index is 1.97. The lowest BCUT2D eigenvalue weighted by molar-refractivity contribution is 0.296. The van der Waals surface area contributed by atoms with Crippen molar-refractivity contribution < 1.29 is 4.42 Å². The summed E-state index contributed by atoms with van der Waals surface area (Å²) in [5, 5.41) is 3.40. The lowest BCUT2D eigenvalue weighted by Crippen LogP contribution is -2.22. The van der Waals surface area contributed by atoms with Crippen molar-refractivity contribution in [2.24, 2.45) is 0 Å². The highest BCUT2D eigenvalue weighted by Gasteiger charge is 2.04. The van der Waals surface area contributed by atoms with Crippen molar-refractivity contribution in [3.63, 3.8) is 0 Å². The monoisotopic (exact) mass is 336 g/mol. The Kier molecular flexibility index (Phi) is 5.68. The Hall–Kier alpha value is -1.26. The third-order valence-electron chi connectivity index (χ3n) is 3.37. The Morgan fingerprint density at radius 2 is 2.00 bits per heavy atom. The normalized spacial score (nSPS) is 11.0. The largest absolute Gasteiger partial charge is 0.466 e. The number of furan rings is 1. The van der Waals surface area contributed by atoms with Crippen molar-refractivity contribution in [2.45, 2.75) is 26.9 Å². The predicted molar refractivity (Wildman–Crippen MR) is 86.8 cm³/mol. The van der Waals surface area contributed by atoms with Crippen LogP contribution in [0.3, 0.4) is 0 Å². The summed E-state index contributed by atoms with van der Waals surface area (Å²) in [5.74, 6) is 0.916. The molecule has 0 aliphatic carbocycles. The molecule has 0 spiro atoms. The van der Waals surface area contributed by atoms with Gasteiger partial charge < -0.3 is 9.73 Å². The van der Waals surface area contributed by atoms with E-state index in [2.05, 4.69) is 64.3 Å². The number of benzene rings is 1. The van der Waals surface area contributed by atoms with Crippen LogP contribution in [0.5, 0.6) is 0 Å². The average Bonchev–Trinajstić information content (AvgIpc) is 2.88. The van der Waals surface area contributed by atoms with Crippen molar-refractivity contribution >= 4 is 21.6 Å². The molecule has 1 aromatic carbocycles. The van der Waals surface area contributed by atoms with Gasteiger partial charge in [-0.15, -0.1) is 0 Å². The van der Waals surface area contributed by atoms with Crippen LogP contribution in [0.25, 0.3) is 0 Å². The molecule has 0 unspecified atom stereocenters. The summed E-state index contributed by atoms with van der Waals surface area (Å²) in [6, 6.07) is 10.5. The van der Waals surface area contributed by atoms with Crippen molar-refractivity contribution in [1.82, 2.24) is 4.90 Å². The van der Waals surface area contributed by atoms with Crippen molar-refractivity contribution in [3.05, 3.63) is 52.4 Å². The molecule has 0 saturated carbocycles. The fourth-order valence-corrected chi connectivity index (χ4v) is 2.46. The number of hydrogen-bond donors (Lipinski definition) is 1. The van der Waals surface area contributed by atoms with Gasteiger partial charge in [0.1, 0.15) is 5.76 Å². The van der Waals surface area contributed by atoms with Crippen LogP contribution in [0.4, 0.5) is 5.69 Å². The third-order valence-corrected chi connectivity index (χ3v) is 4.08. The molecular formula is C16H21BrN2O. The molecule has 4 heteroatoms. The zero-order valence-corrected chi connectivity index (χ0v) is 13.6. The summed E-state index contributed by atoms with van der Waals surface area (Å²) >= 11 is 3.47. The first-order valence-electron chi connectivity index (χ1n) is 7.00. The van der Waals surface area contributed by atoms with Gasteiger partial charge in [0.25, 0.3) is 0 Å². The van der Waals surface area contributed by atoms with Crippen LogP contribution in [0, 0.1) is 0 Å². The number of hydrogen-bond acceptors (Lipinski definition) is 3. The van der Waals surface area contributed by atoms with E-state index in [1.807, 2.05) is 6.07 Å². The third kappa shape index (κ3) is 4.12. The van der Waals surface area contributed by atoms with E-state index >= 15 is 0 Å². The van der Waals surface area contributed by atoms with Gasteiger partial charge in [-0.25, -0.2) is 0 Å². The maximum absolute atomic E-state index is 5.40. The molecule has 0 amide bonds. The van der Waals surface area contributed by atoms with Crippen LogP contribution < -0.4 is 5.32 Å². The quantitative estimate of drug-likeness (QED) is 0.807. The molecule has 0 bridgehead atoms. The van der Waals surface area contributed by atoms with E-state index in [9.17, 15) is 0 Å². The number of nitrogens with one attached hydrogen (secondary N) is 1. The first kappa shape index (κ1) is 15.1. The average molecular weight is 337 g/mol. The summed E-state index contributed by atoms with van der Waals surface area (Å²) in [7, 11) is 0. The van der Waals surface area contributed by atoms with Crippen LogP contribution in [-0.4, -0.2) is 18.0 Å². The van der Waals surface area contributed by atoms with E-state index in [0.29, 0.717) is 6.54 Å². The SMILES string of the molecule is CCN(CC)Cc1cccc(NCc2occc2Br)c1. The van der Waals surface area contributed by atoms with E-state index in [1.54, 1.807) is 6.26 Å². The summed E-state index contributed by atoms with van der Waals surface area (Å²) in [5.41, 5.74) is 2.45. The maximum Gasteiger partial charge on any atom is 0.136 e. The number of nitrogens with zero attached hydrogens (tertiary/aromatic N) is 1. The van der Waals surface area contributed by atoms with E-state index < -0.39 is 0 Å². The van der Waals surface area contributed by atoms with Crippen LogP contribution >= 0.6 is 15.9 Å². The second-order valence-electron chi connectivity index (χ2n) is 4.71. The second kappa shape index (κ2) is 7.50. The fraction of sp³-hybridized carbons (Fsp3) is 0.375. The van der Waals surface area contributed by atoms with E-state index in [4.69, 9.17) is 4.42 Å². The summed E-state index contributed by atoms with van der Waals surface area (Å²) in [6.07, 6.45) is 1.69. The number of anilines is 1. The Morgan fingerprint density at radius 1 is 1.20 bits per heavy atom. The number of rotatable bonds is 7. The first-order chi connectivity index (χ1) is 9.72. The molecule has 0 aliphatic rings. The topological polar surface area (TPSA) is 28.4 Å². The van der Waals surface area contributed by atoms with Gasteiger partial charge in [0, 0.05) is 12.2 Å². The molecule has 0 aliphatic heterocycles. The van der Waals surface area contributed by atoms with Gasteiger partial charge in [-0.3, -0.25) is 4.90 Å². The Labute approximate surface area is 129 Å². The highest BCUT2D eigenvalue weighted by Crippen LogP contribution is 2.19. The minimum absolute atomic E-state index is 0.683. The molecular weight excluding hydrogens is 316 g/mol. The Bertz CT molecular complexity index is 535. The molecule has 2 aromatic rings. The molecule has 0 radical (unpaired) electrons. The molecule has 0 saturated heterocycles. The molecule has 0 atom stereocenters. The van der Waals surface area contributed by atoms with Gasteiger partial charge >= 0.3 is 0 Å². The van der Waals surface area contributed by atoms with Gasteiger partial charge in [-0.2, -0.15) is 0 Å². The smallest absolute Gasteiger partial charge is 0.136 e. The lowest BCUT2D eigenvalue weighted by Gasteiger charge is -2.18. The molecule has 1 N–H and O–H groups in total. The van der Waals surface area contributed by atoms with E-state index in [0.717, 1.165) is 35.6 Å². The van der Waals surface area contributed by atoms with E-state index in [-0.39, 0.29) is 0 Å². The van der Waals surface area contributed by atoms with Gasteiger partial charge in [-0.1, -0.05) is 26.0 Å². The van der Waals surface area contributed by atoms with Crippen molar-refractivity contribution in [2.75, 3.05) is 18.4 Å². The van der Waals surface area contributed by atoms with Gasteiger partial charge in [-0.05, 0) is 52.8 Å². The first-order valence-corrected chi connectivity index (χ1v) is 7.79. The Morgan fingerprint density at radius 3 is 2.65 bits per heavy atom. The maximum atomic E-state index is 5.40. The second-order valence-corrected chi connectivity index (χ2v) is 5.56. The molecule has 20 heavy (non-hydrogen) atoms. The molecule has 3 nitrogen and oxygen atoms in total. The lowest BCUT2D eigenvalue weighted by atomic mass is 10.2. The number of halogens is 1. The van der Waals surface area contributed by atoms with Crippen molar-refractivity contribution in [3.8, 4) is 0 Å². The van der Waals surface area contributed by atoms with Crippen LogP contribution in [-0.2, 0) is 13.1 Å². The standard InChI is InChI=1S/C16H21BrN2O/c1-3-19(4-2)12-13-6-5-7-14(10-13)18-11-16-15(17)8-9-20-16/h5-10,18H,3-4,11-12H2,1-2H3. The molecule has 2 rings (SSSR count). The minimum atomic E-state index is 0.683. The van der Waals surface area contributed by atoms with Gasteiger partial charge in [0.15, 0.2) is 0 Å². The summed E-state index contributed by atoms with van der Waals surface area (Å²) in [4.78, 5) is 2.40. The molecule has 1 heterocycles. The molecule has 108 valence electrons. The zero-order chi connectivity index (χ0) is 14.4. The van der Waals surface area contributed by atoms with Gasteiger partial charge in [0.05, 0.1) is 17.3 Å². The summed E-state index contributed by atoms with van der Waals surface area (Å²) in [6.45, 7) is 8.22. The highest BCUT2D eigenvalue weighted by atomic mass is 79.9. The summed E-state index contributed by atoms with van der Waals surface area (Å²) < 4.78 is 6.40. The van der Waals surface area contributed by atoms with Crippen LogP contribution in [0.1, 0.15) is 25.2 Å². The highest BCUT2D eigenvalue weighted by molar-refractivity contribution is 9.10. The van der Waals surface area contributed by atoms with Gasteiger partial charge in [0.2, 0.25) is 0 Å². The van der Waals surface area contributed by atoms with Crippen molar-refractivity contribution in [1.29, 1.82) is 0 Å². The predicted octanol–water partition coefficient (Wildman–Crippen LogP) is 4.50. The van der Waals surface area contributed by atoms with Crippen LogP contribution in [0.2, 0.25) is 0 Å². The molecule has 1 aromatic heterocycles. The fourth-order valence-electron chi connectivity index (χ4n) is 2.12. The minimum Gasteiger partial charge on any atom is -0.466 e. The van der Waals surface area contributed by atoms with Crippen LogP contribution in [0.15, 0.2) is 45.5 Å². The van der Waals surface area contributed by atoms with E-state index in [1.165, 1.54) is 5.56 Å².